The zero-order valence-corrected chi connectivity index (χ0v) is 11.8. The van der Waals surface area contributed by atoms with Crippen molar-refractivity contribution >= 4 is 11.8 Å². The van der Waals surface area contributed by atoms with E-state index in [4.69, 9.17) is 0 Å². The van der Waals surface area contributed by atoms with Crippen LogP contribution in [0.4, 0.5) is 0 Å². The number of carbonyl (C=O) groups excluding carboxylic acids is 2. The molecular weight excluding hydrogens is 240 g/mol. The van der Waals surface area contributed by atoms with Gasteiger partial charge in [-0.1, -0.05) is 25.7 Å². The summed E-state index contributed by atoms with van der Waals surface area (Å²) in [6.45, 7) is 2.19. The molecule has 1 atom stereocenters. The van der Waals surface area contributed by atoms with E-state index in [0.29, 0.717) is 12.0 Å². The van der Waals surface area contributed by atoms with Crippen LogP contribution in [-0.2, 0) is 9.59 Å². The highest BCUT2D eigenvalue weighted by Gasteiger charge is 2.53. The maximum atomic E-state index is 12.8. The molecule has 3 aliphatic rings. The van der Waals surface area contributed by atoms with Gasteiger partial charge in [0.15, 0.2) is 0 Å². The summed E-state index contributed by atoms with van der Waals surface area (Å²) in [5.74, 6) is 0.553. The third-order valence-corrected chi connectivity index (χ3v) is 5.08. The van der Waals surface area contributed by atoms with Crippen LogP contribution in [0.2, 0.25) is 0 Å². The number of nitrogens with zero attached hydrogens (tertiary/aromatic N) is 1. The molecule has 1 saturated heterocycles. The minimum Gasteiger partial charge on any atom is -0.340 e. The van der Waals surface area contributed by atoms with Gasteiger partial charge in [-0.05, 0) is 38.5 Å². The van der Waals surface area contributed by atoms with E-state index in [-0.39, 0.29) is 18.4 Å². The first-order chi connectivity index (χ1) is 9.11. The van der Waals surface area contributed by atoms with E-state index in [0.717, 1.165) is 25.7 Å². The predicted octanol–water partition coefficient (Wildman–Crippen LogP) is 1.84. The topological polar surface area (TPSA) is 49.4 Å². The molecule has 4 nitrogen and oxygen atoms in total. The Labute approximate surface area is 114 Å². The molecule has 3 rings (SSSR count). The van der Waals surface area contributed by atoms with Gasteiger partial charge < -0.3 is 10.2 Å². The number of piperazine rings is 1. The van der Waals surface area contributed by atoms with Gasteiger partial charge in [-0.15, -0.1) is 0 Å². The molecule has 0 aromatic heterocycles. The fourth-order valence-corrected chi connectivity index (χ4v) is 3.71. The summed E-state index contributed by atoms with van der Waals surface area (Å²) in [5.41, 5.74) is -0.623. The fraction of sp³-hybridized carbons (Fsp3) is 0.867. The molecule has 0 aromatic rings. The van der Waals surface area contributed by atoms with Crippen molar-refractivity contribution in [3.05, 3.63) is 0 Å². The standard InChI is InChI=1S/C15H24N2O2/c1-15(11-8-9-11)14(19)17(10-13(18)16-15)12-6-4-2-3-5-7-12/h11-12H,2-10H2,1H3,(H,16,18). The molecule has 1 unspecified atom stereocenters. The Kier molecular flexibility index (Phi) is 3.27. The summed E-state index contributed by atoms with van der Waals surface area (Å²) in [4.78, 5) is 26.7. The van der Waals surface area contributed by atoms with Gasteiger partial charge in [0.1, 0.15) is 5.54 Å². The Morgan fingerprint density at radius 2 is 1.68 bits per heavy atom. The molecule has 1 heterocycles. The van der Waals surface area contributed by atoms with E-state index < -0.39 is 5.54 Å². The summed E-state index contributed by atoms with van der Waals surface area (Å²) in [6.07, 6.45) is 9.20. The largest absolute Gasteiger partial charge is 0.340 e. The zero-order chi connectivity index (χ0) is 13.5. The molecule has 1 N–H and O–H groups in total. The van der Waals surface area contributed by atoms with E-state index in [1.54, 1.807) is 0 Å². The van der Waals surface area contributed by atoms with Crippen LogP contribution >= 0.6 is 0 Å². The normalized spacial score (nSPS) is 34.1. The molecule has 0 radical (unpaired) electrons. The number of nitrogens with one attached hydrogen (secondary N) is 1. The number of hydrogen-bond acceptors (Lipinski definition) is 2. The van der Waals surface area contributed by atoms with Crippen LogP contribution in [0.3, 0.4) is 0 Å². The zero-order valence-electron chi connectivity index (χ0n) is 11.8. The molecule has 0 bridgehead atoms. The molecule has 2 aliphatic carbocycles. The first-order valence-electron chi connectivity index (χ1n) is 7.73. The predicted molar refractivity (Wildman–Crippen MR) is 72.5 cm³/mol. The van der Waals surface area contributed by atoms with E-state index >= 15 is 0 Å². The average molecular weight is 264 g/mol. The molecule has 19 heavy (non-hydrogen) atoms. The summed E-state index contributed by atoms with van der Waals surface area (Å²) in [7, 11) is 0. The number of hydrogen-bond donors (Lipinski definition) is 1. The van der Waals surface area contributed by atoms with Crippen molar-refractivity contribution in [2.45, 2.75) is 69.9 Å². The fourth-order valence-electron chi connectivity index (χ4n) is 3.71. The summed E-state index contributed by atoms with van der Waals surface area (Å²) in [6, 6.07) is 0.291. The van der Waals surface area contributed by atoms with Crippen molar-refractivity contribution in [2.24, 2.45) is 5.92 Å². The van der Waals surface area contributed by atoms with Crippen molar-refractivity contribution in [1.82, 2.24) is 10.2 Å². The smallest absolute Gasteiger partial charge is 0.249 e. The second-order valence-corrected chi connectivity index (χ2v) is 6.60. The van der Waals surface area contributed by atoms with Crippen LogP contribution in [-0.4, -0.2) is 34.8 Å². The van der Waals surface area contributed by atoms with Crippen LogP contribution in [0.15, 0.2) is 0 Å². The maximum absolute atomic E-state index is 12.8. The second-order valence-electron chi connectivity index (χ2n) is 6.60. The van der Waals surface area contributed by atoms with Gasteiger partial charge in [0.25, 0.3) is 0 Å². The molecule has 4 heteroatoms. The van der Waals surface area contributed by atoms with E-state index in [9.17, 15) is 9.59 Å². The molecule has 2 amide bonds. The lowest BCUT2D eigenvalue weighted by molar-refractivity contribution is -0.153. The summed E-state index contributed by atoms with van der Waals surface area (Å²) >= 11 is 0. The number of rotatable bonds is 2. The lowest BCUT2D eigenvalue weighted by Gasteiger charge is -2.43. The summed E-state index contributed by atoms with van der Waals surface area (Å²) in [5, 5.41) is 2.96. The van der Waals surface area contributed by atoms with Crippen LogP contribution in [0.1, 0.15) is 58.3 Å². The third kappa shape index (κ3) is 2.37. The van der Waals surface area contributed by atoms with Gasteiger partial charge in [-0.3, -0.25) is 9.59 Å². The number of carbonyl (C=O) groups is 2. The Hall–Kier alpha value is -1.06. The van der Waals surface area contributed by atoms with Crippen molar-refractivity contribution < 1.29 is 9.59 Å². The van der Waals surface area contributed by atoms with Gasteiger partial charge in [0, 0.05) is 6.04 Å². The average Bonchev–Trinajstić information content (AvgIpc) is 3.18. The third-order valence-electron chi connectivity index (χ3n) is 5.08. The van der Waals surface area contributed by atoms with Crippen LogP contribution < -0.4 is 5.32 Å². The first-order valence-corrected chi connectivity index (χ1v) is 7.73. The highest BCUT2D eigenvalue weighted by molar-refractivity contribution is 5.98. The van der Waals surface area contributed by atoms with Crippen molar-refractivity contribution in [3.8, 4) is 0 Å². The van der Waals surface area contributed by atoms with Crippen LogP contribution in [0.5, 0.6) is 0 Å². The highest BCUT2D eigenvalue weighted by Crippen LogP contribution is 2.42. The van der Waals surface area contributed by atoms with Gasteiger partial charge in [0.2, 0.25) is 11.8 Å². The molecular formula is C15H24N2O2. The van der Waals surface area contributed by atoms with E-state index in [1.165, 1.54) is 25.7 Å². The lowest BCUT2D eigenvalue weighted by Crippen LogP contribution is -2.68. The molecule has 0 aromatic carbocycles. The second kappa shape index (κ2) is 4.80. The van der Waals surface area contributed by atoms with Crippen LogP contribution in [0, 0.1) is 5.92 Å². The van der Waals surface area contributed by atoms with E-state index in [1.807, 2.05) is 11.8 Å². The van der Waals surface area contributed by atoms with Gasteiger partial charge in [-0.2, -0.15) is 0 Å². The monoisotopic (exact) mass is 264 g/mol. The van der Waals surface area contributed by atoms with Crippen molar-refractivity contribution in [1.29, 1.82) is 0 Å². The van der Waals surface area contributed by atoms with Gasteiger partial charge >= 0.3 is 0 Å². The highest BCUT2D eigenvalue weighted by atomic mass is 16.2. The van der Waals surface area contributed by atoms with Crippen molar-refractivity contribution in [3.63, 3.8) is 0 Å². The Morgan fingerprint density at radius 3 is 2.26 bits per heavy atom. The first kappa shape index (κ1) is 12.9. The molecule has 3 fully saturated rings. The molecule has 0 spiro atoms. The molecule has 2 saturated carbocycles. The number of amides is 2. The van der Waals surface area contributed by atoms with Gasteiger partial charge in [-0.25, -0.2) is 0 Å². The Morgan fingerprint density at radius 1 is 1.05 bits per heavy atom. The molecule has 106 valence electrons. The maximum Gasteiger partial charge on any atom is 0.249 e. The quantitative estimate of drug-likeness (QED) is 0.774. The Bertz CT molecular complexity index is 384. The van der Waals surface area contributed by atoms with E-state index in [2.05, 4.69) is 5.32 Å². The Balaban J connectivity index is 1.79. The SMILES string of the molecule is CC1(C2CC2)NC(=O)CN(C2CCCCCC2)C1=O. The molecule has 1 aliphatic heterocycles. The van der Waals surface area contributed by atoms with Crippen molar-refractivity contribution in [2.75, 3.05) is 6.54 Å². The minimum atomic E-state index is -0.623. The summed E-state index contributed by atoms with van der Waals surface area (Å²) < 4.78 is 0. The van der Waals surface area contributed by atoms with Crippen LogP contribution in [0.25, 0.3) is 0 Å². The lowest BCUT2D eigenvalue weighted by atomic mass is 9.90. The van der Waals surface area contributed by atoms with Gasteiger partial charge in [0.05, 0.1) is 6.54 Å². The minimum absolute atomic E-state index is 0.0262.